The molecule has 1 aromatic carbocycles. The second-order valence-electron chi connectivity index (χ2n) is 8.22. The lowest BCUT2D eigenvalue weighted by atomic mass is 10.2. The predicted octanol–water partition coefficient (Wildman–Crippen LogP) is 1.75. The largest absolute Gasteiger partial charge is 0.512 e. The van der Waals surface area contributed by atoms with Gasteiger partial charge in [0.15, 0.2) is 0 Å². The fraction of sp³-hybridized carbons (Fsp3) is 0.500. The molecular weight excluding hydrogens is 849 g/mol. The van der Waals surface area contributed by atoms with Crippen molar-refractivity contribution in [1.82, 2.24) is 8.85 Å². The Kier molecular flexibility index (Phi) is 10.9. The van der Waals surface area contributed by atoms with E-state index in [-0.39, 0.29) is 29.0 Å². The SMILES string of the molecule is O=C(NS(=O)(=O)C(F)(F)C(F)(F)C(F)(F)S(=O)(=O)NS(=O)(=O)C(F)(F)F)c1ccc(OS(=O)(=O)C(F)(F)C(F)(F)C(F)(F)S(=O)(=O)O)cc1. The summed E-state index contributed by atoms with van der Waals surface area (Å²) in [4.78, 5) is 11.9. The monoisotopic (exact) mass is 856 g/mol. The number of carbonyl (C=O) groups is 1. The highest BCUT2D eigenvalue weighted by molar-refractivity contribution is 8.05. The van der Waals surface area contributed by atoms with Gasteiger partial charge in [0, 0.05) is 5.56 Å². The van der Waals surface area contributed by atoms with Gasteiger partial charge in [-0.3, -0.25) is 9.35 Å². The average Bonchev–Trinajstić information content (AvgIpc) is 2.85. The van der Waals surface area contributed by atoms with Gasteiger partial charge in [0.25, 0.3) is 15.9 Å². The maximum absolute atomic E-state index is 14.1. The molecule has 0 fully saturated rings. The summed E-state index contributed by atoms with van der Waals surface area (Å²) >= 11 is 0. The molecule has 1 rings (SSSR count). The first-order valence-corrected chi connectivity index (χ1v) is 17.5. The van der Waals surface area contributed by atoms with Gasteiger partial charge in [0.1, 0.15) is 5.75 Å². The molecule has 0 spiro atoms. The van der Waals surface area contributed by atoms with E-state index < -0.39 is 110 Å². The summed E-state index contributed by atoms with van der Waals surface area (Å²) in [5, 5.41) is -29.9. The van der Waals surface area contributed by atoms with Crippen molar-refractivity contribution in [3.8, 4) is 5.75 Å². The van der Waals surface area contributed by atoms with Crippen molar-refractivity contribution in [2.75, 3.05) is 0 Å². The fourth-order valence-electron chi connectivity index (χ4n) is 2.33. The van der Waals surface area contributed by atoms with Crippen LogP contribution in [-0.2, 0) is 50.3 Å². The van der Waals surface area contributed by atoms with Crippen molar-refractivity contribution in [3.63, 3.8) is 0 Å². The molecule has 0 radical (unpaired) electrons. The lowest BCUT2D eigenvalue weighted by Crippen LogP contribution is -2.65. The zero-order valence-corrected chi connectivity index (χ0v) is 25.4. The van der Waals surface area contributed by atoms with Crippen LogP contribution in [0.5, 0.6) is 5.75 Å². The molecule has 0 aliphatic carbocycles. The number of sulfonamides is 3. The van der Waals surface area contributed by atoms with Crippen LogP contribution in [0.4, 0.5) is 65.9 Å². The number of nitrogens with one attached hydrogen (secondary N) is 2. The van der Waals surface area contributed by atoms with Gasteiger partial charge < -0.3 is 4.18 Å². The molecule has 0 aliphatic rings. The lowest BCUT2D eigenvalue weighted by molar-refractivity contribution is -0.247. The molecule has 1 amide bonds. The third-order valence-corrected chi connectivity index (χ3v) is 11.7. The first-order valence-electron chi connectivity index (χ1n) is 10.2. The van der Waals surface area contributed by atoms with Crippen LogP contribution in [0.1, 0.15) is 10.4 Å². The molecule has 0 saturated heterocycles. The minimum atomic E-state index is -8.18. The number of rotatable bonds is 14. The van der Waals surface area contributed by atoms with Gasteiger partial charge in [-0.05, 0) is 24.3 Å². The summed E-state index contributed by atoms with van der Waals surface area (Å²) in [5.41, 5.74) is -8.47. The van der Waals surface area contributed by atoms with Crippen molar-refractivity contribution in [3.05, 3.63) is 29.8 Å². The number of carbonyl (C=O) groups excluding carboxylic acids is 1. The molecule has 0 atom stereocenters. The van der Waals surface area contributed by atoms with Gasteiger partial charge in [-0.1, -0.05) is 4.13 Å². The number of hydrogen-bond acceptors (Lipinski definition) is 12. The van der Waals surface area contributed by atoms with Crippen LogP contribution >= 0.6 is 0 Å². The van der Waals surface area contributed by atoms with Crippen LogP contribution in [0.25, 0.3) is 0 Å². The quantitative estimate of drug-likeness (QED) is 0.138. The van der Waals surface area contributed by atoms with Crippen LogP contribution < -0.4 is 13.0 Å². The van der Waals surface area contributed by atoms with E-state index in [1.54, 1.807) is 0 Å². The number of alkyl halides is 15. The molecule has 0 bridgehead atoms. The summed E-state index contributed by atoms with van der Waals surface area (Å²) in [6, 6.07) is -0.872. The van der Waals surface area contributed by atoms with E-state index in [2.05, 4.69) is 4.18 Å². The third kappa shape index (κ3) is 7.17. The van der Waals surface area contributed by atoms with E-state index in [9.17, 15) is 113 Å². The van der Waals surface area contributed by atoms with Crippen LogP contribution in [0.15, 0.2) is 24.3 Å². The van der Waals surface area contributed by atoms with E-state index in [0.29, 0.717) is 0 Å². The molecule has 35 heteroatoms. The van der Waals surface area contributed by atoms with Crippen molar-refractivity contribution in [2.45, 2.75) is 38.4 Å². The minimum Gasteiger partial charge on any atom is -0.378 e. The number of amides is 1. The Morgan fingerprint density at radius 1 is 0.551 bits per heavy atom. The van der Waals surface area contributed by atoms with E-state index in [4.69, 9.17) is 4.55 Å². The van der Waals surface area contributed by atoms with E-state index in [1.807, 2.05) is 0 Å². The van der Waals surface area contributed by atoms with Crippen molar-refractivity contribution >= 4 is 56.2 Å². The first kappa shape index (κ1) is 44.1. The standard InChI is InChI=1S/C14H7F15N2O13S5/c15-8(16,11(21,22)46(35,36)31-47(37,38)14(27,28)29)10(19,20)45(33,34)30-7(32)5-1-3-6(4-2-5)44-49(42,43)13(25,26)9(17,18)12(23,24)48(39,40)41/h1-4,31H,(H,30,32)(H,39,40,41). The average molecular weight is 857 g/mol. The maximum atomic E-state index is 14.1. The summed E-state index contributed by atoms with van der Waals surface area (Å²) < 4.78 is 324. The maximum Gasteiger partial charge on any atom is 0.512 e. The number of benzene rings is 1. The van der Waals surface area contributed by atoms with E-state index >= 15 is 0 Å². The summed E-state index contributed by atoms with van der Waals surface area (Å²) in [6.07, 6.45) is 0. The highest BCUT2D eigenvalue weighted by atomic mass is 32.3. The second-order valence-corrected chi connectivity index (χ2v) is 16.7. The molecule has 0 saturated carbocycles. The summed E-state index contributed by atoms with van der Waals surface area (Å²) in [5.74, 6) is -20.0. The van der Waals surface area contributed by atoms with Crippen LogP contribution in [0, 0.1) is 0 Å². The second kappa shape index (κ2) is 12.1. The van der Waals surface area contributed by atoms with Gasteiger partial charge in [0.05, 0.1) is 0 Å². The van der Waals surface area contributed by atoms with Gasteiger partial charge in [-0.25, -0.2) is 21.6 Å². The van der Waals surface area contributed by atoms with Gasteiger partial charge in [-0.2, -0.15) is 91.1 Å². The number of halogens is 15. The Hall–Kier alpha value is -2.89. The molecular formula is C14H7F15N2O13S5. The summed E-state index contributed by atoms with van der Waals surface area (Å²) in [7, 11) is -38.5. The third-order valence-electron chi connectivity index (χ3n) is 4.85. The molecule has 0 aliphatic heterocycles. The minimum absolute atomic E-state index is 0.128. The zero-order chi connectivity index (χ0) is 39.7. The molecule has 0 heterocycles. The Balaban J connectivity index is 3.42. The molecule has 1 aromatic rings. The highest BCUT2D eigenvalue weighted by Gasteiger charge is 2.84. The smallest absolute Gasteiger partial charge is 0.378 e. The Morgan fingerprint density at radius 2 is 0.918 bits per heavy atom. The van der Waals surface area contributed by atoms with E-state index in [1.165, 1.54) is 0 Å². The Labute approximate surface area is 260 Å². The normalized spacial score (nSPS) is 15.5. The van der Waals surface area contributed by atoms with Crippen LogP contribution in [0.2, 0.25) is 0 Å². The molecule has 3 N–H and O–H groups in total. The van der Waals surface area contributed by atoms with Crippen LogP contribution in [-0.4, -0.2) is 90.9 Å². The van der Waals surface area contributed by atoms with Gasteiger partial charge >= 0.3 is 78.7 Å². The lowest BCUT2D eigenvalue weighted by Gasteiger charge is -2.31. The predicted molar refractivity (Wildman–Crippen MR) is 121 cm³/mol. The topological polar surface area (TPSA) is 241 Å². The zero-order valence-electron chi connectivity index (χ0n) is 21.4. The first-order chi connectivity index (χ1) is 21.0. The van der Waals surface area contributed by atoms with Crippen molar-refractivity contribution < 1.29 is 121 Å². The van der Waals surface area contributed by atoms with Gasteiger partial charge in [-0.15, -0.1) is 0 Å². The Bertz CT molecular complexity index is 2030. The molecule has 0 aromatic heterocycles. The highest BCUT2D eigenvalue weighted by Crippen LogP contribution is 2.52. The summed E-state index contributed by atoms with van der Waals surface area (Å²) in [6.45, 7) is 0. The van der Waals surface area contributed by atoms with Crippen molar-refractivity contribution in [2.24, 2.45) is 0 Å². The van der Waals surface area contributed by atoms with Crippen LogP contribution in [0.3, 0.4) is 0 Å². The fourth-order valence-corrected chi connectivity index (χ4v) is 7.19. The molecule has 15 nitrogen and oxygen atoms in total. The number of hydrogen-bond donors (Lipinski definition) is 3. The molecule has 49 heavy (non-hydrogen) atoms. The Morgan fingerprint density at radius 3 is 1.29 bits per heavy atom. The molecule has 0 unspecified atom stereocenters. The van der Waals surface area contributed by atoms with E-state index in [0.717, 1.165) is 0 Å². The van der Waals surface area contributed by atoms with Crippen molar-refractivity contribution in [1.29, 1.82) is 0 Å². The van der Waals surface area contributed by atoms with Gasteiger partial charge in [0.2, 0.25) is 0 Å². The molecule has 286 valence electrons.